The van der Waals surface area contributed by atoms with Crippen molar-refractivity contribution in [2.75, 3.05) is 33.9 Å². The van der Waals surface area contributed by atoms with E-state index in [0.717, 1.165) is 27.8 Å². The van der Waals surface area contributed by atoms with E-state index in [2.05, 4.69) is 43.1 Å². The molecule has 0 spiro atoms. The monoisotopic (exact) mass is 669 g/mol. The molecule has 11 heteroatoms. The number of aryl methyl sites for hydroxylation is 1. The summed E-state index contributed by atoms with van der Waals surface area (Å²) in [5.74, 6) is -0.628. The number of piperazine rings is 1. The van der Waals surface area contributed by atoms with Crippen LogP contribution in [0.5, 0.6) is 5.75 Å². The number of benzene rings is 2. The molecule has 8 nitrogen and oxygen atoms in total. The number of halogens is 2. The van der Waals surface area contributed by atoms with E-state index < -0.39 is 23.5 Å². The van der Waals surface area contributed by atoms with Crippen molar-refractivity contribution < 1.29 is 28.2 Å². The van der Waals surface area contributed by atoms with Crippen LogP contribution in [0, 0.1) is 12.7 Å². The van der Waals surface area contributed by atoms with Gasteiger partial charge in [0.05, 0.1) is 31.3 Å². The summed E-state index contributed by atoms with van der Waals surface area (Å²) in [7, 11) is 4.47. The molecular weight excluding hydrogens is 636 g/mol. The molecule has 1 unspecified atom stereocenters. The van der Waals surface area contributed by atoms with Crippen LogP contribution in [-0.2, 0) is 16.0 Å². The Morgan fingerprint density at radius 2 is 1.90 bits per heavy atom. The summed E-state index contributed by atoms with van der Waals surface area (Å²) >= 11 is 2.26. The van der Waals surface area contributed by atoms with Gasteiger partial charge in [-0.15, -0.1) is 0 Å². The summed E-state index contributed by atoms with van der Waals surface area (Å²) in [6, 6.07) is 8.28. The normalized spacial score (nSPS) is 16.4. The van der Waals surface area contributed by atoms with Gasteiger partial charge >= 0.3 is 12.1 Å². The Labute approximate surface area is 244 Å². The summed E-state index contributed by atoms with van der Waals surface area (Å²) in [4.78, 5) is 28.8. The minimum atomic E-state index is -0.737. The fourth-order valence-electron chi connectivity index (χ4n) is 4.97. The van der Waals surface area contributed by atoms with Crippen LogP contribution < -0.4 is 4.74 Å². The zero-order valence-corrected chi connectivity index (χ0v) is 25.9. The van der Waals surface area contributed by atoms with Gasteiger partial charge in [0.15, 0.2) is 0 Å². The first kappa shape index (κ1) is 29.5. The number of esters is 1. The van der Waals surface area contributed by atoms with Crippen LogP contribution in [0.15, 0.2) is 36.5 Å². The topological polar surface area (TPSA) is 73.2 Å². The van der Waals surface area contributed by atoms with Gasteiger partial charge in [-0.2, -0.15) is 0 Å². The maximum atomic E-state index is 15.0. The van der Waals surface area contributed by atoms with Crippen molar-refractivity contribution in [1.29, 1.82) is 0 Å². The van der Waals surface area contributed by atoms with Crippen LogP contribution in [0.25, 0.3) is 10.9 Å². The van der Waals surface area contributed by atoms with Crippen molar-refractivity contribution in [3.63, 3.8) is 0 Å². The first-order valence-corrected chi connectivity index (χ1v) is 15.8. The molecule has 39 heavy (non-hydrogen) atoms. The van der Waals surface area contributed by atoms with Gasteiger partial charge in [0, 0.05) is 73.7 Å². The fourth-order valence-corrected chi connectivity index (χ4v) is 6.37. The molecule has 1 saturated heterocycles. The summed E-state index contributed by atoms with van der Waals surface area (Å²) < 4.78 is 33.3. The Hall–Kier alpha value is -2.51. The molecule has 1 aliphatic rings. The van der Waals surface area contributed by atoms with E-state index in [9.17, 15) is 9.59 Å². The summed E-state index contributed by atoms with van der Waals surface area (Å²) in [5, 5.41) is 1.08. The molecular formula is C28H33FIN3O5S. The van der Waals surface area contributed by atoms with Crippen molar-refractivity contribution in [3.8, 4) is 5.75 Å². The molecule has 2 heterocycles. The van der Waals surface area contributed by atoms with Gasteiger partial charge < -0.3 is 19.1 Å². The molecule has 3 aromatic rings. The Balaban J connectivity index is 1.74. The summed E-state index contributed by atoms with van der Waals surface area (Å²) in [6.45, 7) is 9.35. The SMILES string of the molecule is COC(=O)c1ccc(C2CN(C(=O)OC(C)(C)C)CCN2Cc2c(OC)cc(C)c3c2ccn3SI)cc1F. The number of methoxy groups -OCH3 is 2. The van der Waals surface area contributed by atoms with Crippen molar-refractivity contribution in [1.82, 2.24) is 13.8 Å². The van der Waals surface area contributed by atoms with E-state index in [4.69, 9.17) is 14.2 Å². The fraction of sp³-hybridized carbons (Fsp3) is 0.429. The molecule has 2 aromatic carbocycles. The minimum Gasteiger partial charge on any atom is -0.496 e. The summed E-state index contributed by atoms with van der Waals surface area (Å²) in [6.07, 6.45) is 1.63. The van der Waals surface area contributed by atoms with Crippen LogP contribution >= 0.6 is 30.3 Å². The number of hydrogen-bond donors (Lipinski definition) is 0. The smallest absolute Gasteiger partial charge is 0.410 e. The number of fused-ring (bicyclic) bond motifs is 1. The van der Waals surface area contributed by atoms with Gasteiger partial charge in [0.2, 0.25) is 0 Å². The van der Waals surface area contributed by atoms with Crippen LogP contribution in [0.4, 0.5) is 9.18 Å². The number of carbonyl (C=O) groups is 2. The highest BCUT2D eigenvalue weighted by molar-refractivity contribution is 14.2. The van der Waals surface area contributed by atoms with Crippen molar-refractivity contribution >= 4 is 53.3 Å². The van der Waals surface area contributed by atoms with Gasteiger partial charge in [-0.3, -0.25) is 8.87 Å². The highest BCUT2D eigenvalue weighted by Crippen LogP contribution is 2.38. The second kappa shape index (κ2) is 11.9. The highest BCUT2D eigenvalue weighted by atomic mass is 127. The van der Waals surface area contributed by atoms with Crippen molar-refractivity contribution in [2.24, 2.45) is 0 Å². The maximum absolute atomic E-state index is 15.0. The molecule has 0 radical (unpaired) electrons. The van der Waals surface area contributed by atoms with E-state index in [1.54, 1.807) is 27.2 Å². The van der Waals surface area contributed by atoms with Crippen LogP contribution in [-0.4, -0.2) is 65.3 Å². The van der Waals surface area contributed by atoms with Crippen LogP contribution in [0.3, 0.4) is 0 Å². The average Bonchev–Trinajstić information content (AvgIpc) is 3.33. The summed E-state index contributed by atoms with van der Waals surface area (Å²) in [5.41, 5.74) is 3.12. The van der Waals surface area contributed by atoms with E-state index in [1.807, 2.05) is 33.0 Å². The number of ether oxygens (including phenoxy) is 3. The lowest BCUT2D eigenvalue weighted by Gasteiger charge is -2.42. The van der Waals surface area contributed by atoms with E-state index in [1.165, 1.54) is 19.2 Å². The quantitative estimate of drug-likeness (QED) is 0.219. The number of rotatable bonds is 6. The first-order chi connectivity index (χ1) is 18.5. The largest absolute Gasteiger partial charge is 0.496 e. The zero-order valence-electron chi connectivity index (χ0n) is 22.9. The molecule has 1 atom stereocenters. The lowest BCUT2D eigenvalue weighted by molar-refractivity contribution is 0.00197. The number of amides is 1. The third-order valence-electron chi connectivity index (χ3n) is 6.78. The predicted octanol–water partition coefficient (Wildman–Crippen LogP) is 6.52. The van der Waals surface area contributed by atoms with E-state index in [0.29, 0.717) is 31.7 Å². The van der Waals surface area contributed by atoms with E-state index in [-0.39, 0.29) is 11.6 Å². The molecule has 0 N–H and O–H groups in total. The third kappa shape index (κ3) is 6.30. The molecule has 1 fully saturated rings. The first-order valence-electron chi connectivity index (χ1n) is 12.5. The van der Waals surface area contributed by atoms with Gasteiger partial charge in [-0.25, -0.2) is 14.0 Å². The van der Waals surface area contributed by atoms with Crippen LogP contribution in [0.2, 0.25) is 0 Å². The van der Waals surface area contributed by atoms with Gasteiger partial charge in [0.25, 0.3) is 0 Å². The van der Waals surface area contributed by atoms with Gasteiger partial charge in [-0.05, 0) is 63.1 Å². The Morgan fingerprint density at radius 1 is 1.15 bits per heavy atom. The number of carbonyl (C=O) groups excluding carboxylic acids is 2. The van der Waals surface area contributed by atoms with Crippen molar-refractivity contribution in [2.45, 2.75) is 45.9 Å². The molecule has 0 aliphatic carbocycles. The number of hydrogen-bond acceptors (Lipinski definition) is 7. The predicted molar refractivity (Wildman–Crippen MR) is 159 cm³/mol. The maximum Gasteiger partial charge on any atom is 0.410 e. The van der Waals surface area contributed by atoms with Gasteiger partial charge in [0.1, 0.15) is 17.2 Å². The second-order valence-corrected chi connectivity index (χ2v) is 12.2. The standard InChI is InChI=1S/C28H33FIN3O5S/c1-17-13-24(36-5)21(19-9-10-33(39-30)25(17)19)15-31-11-12-32(27(35)38-28(2,3)4)16-23(31)18-7-8-20(22(29)14-18)26(34)37-6/h7-10,13-14,23H,11-12,15-16H2,1-6H3. The average molecular weight is 670 g/mol. The Kier molecular flexibility index (Phi) is 9.01. The lowest BCUT2D eigenvalue weighted by Crippen LogP contribution is -2.51. The highest BCUT2D eigenvalue weighted by Gasteiger charge is 2.34. The van der Waals surface area contributed by atoms with Crippen LogP contribution in [0.1, 0.15) is 53.9 Å². The molecule has 1 amide bonds. The number of nitrogens with zero attached hydrogens (tertiary/aromatic N) is 3. The van der Waals surface area contributed by atoms with E-state index >= 15 is 4.39 Å². The zero-order chi connectivity index (χ0) is 28.5. The third-order valence-corrected chi connectivity index (χ3v) is 8.50. The molecule has 1 aromatic heterocycles. The second-order valence-electron chi connectivity index (χ2n) is 10.5. The molecule has 4 rings (SSSR count). The number of aromatic nitrogens is 1. The van der Waals surface area contributed by atoms with Gasteiger partial charge in [-0.1, -0.05) is 6.07 Å². The Morgan fingerprint density at radius 3 is 2.51 bits per heavy atom. The molecule has 1 aliphatic heterocycles. The lowest BCUT2D eigenvalue weighted by atomic mass is 9.98. The molecule has 210 valence electrons. The Bertz CT molecular complexity index is 1390. The minimum absolute atomic E-state index is 0.132. The molecule has 0 saturated carbocycles. The van der Waals surface area contributed by atoms with Crippen molar-refractivity contribution in [3.05, 3.63) is 64.6 Å². The molecule has 0 bridgehead atoms.